The average molecular weight is 246 g/mol. The van der Waals surface area contributed by atoms with Gasteiger partial charge in [-0.15, -0.1) is 0 Å². The minimum Gasteiger partial charge on any atom is -0.466 e. The van der Waals surface area contributed by atoms with Crippen LogP contribution < -0.4 is 0 Å². The molecule has 3 nitrogen and oxygen atoms in total. The third kappa shape index (κ3) is 3.84. The van der Waals surface area contributed by atoms with Crippen LogP contribution in [0.3, 0.4) is 0 Å². The molecule has 0 fully saturated rings. The summed E-state index contributed by atoms with van der Waals surface area (Å²) in [6, 6.07) is 7.40. The lowest BCUT2D eigenvalue weighted by Crippen LogP contribution is -2.11. The van der Waals surface area contributed by atoms with Crippen molar-refractivity contribution in [3.63, 3.8) is 0 Å². The molecule has 96 valence electrons. The minimum absolute atomic E-state index is 0.0590. The average Bonchev–Trinajstić information content (AvgIpc) is 2.34. The fourth-order valence-corrected chi connectivity index (χ4v) is 1.44. The van der Waals surface area contributed by atoms with Gasteiger partial charge in [-0.1, -0.05) is 45.0 Å². The van der Waals surface area contributed by atoms with Crippen LogP contribution in [0.25, 0.3) is 0 Å². The number of carbonyl (C=O) groups excluding carboxylic acids is 2. The number of hydrogen-bond donors (Lipinski definition) is 0. The van der Waals surface area contributed by atoms with Gasteiger partial charge in [-0.3, -0.25) is 4.79 Å². The predicted octanol–water partition coefficient (Wildman–Crippen LogP) is 2.90. The Morgan fingerprint density at radius 2 is 1.61 bits per heavy atom. The molecule has 0 amide bonds. The maximum absolute atomic E-state index is 11.7. The van der Waals surface area contributed by atoms with Crippen LogP contribution >= 0.6 is 0 Å². The van der Waals surface area contributed by atoms with Crippen molar-refractivity contribution < 1.29 is 14.3 Å². The van der Waals surface area contributed by atoms with Crippen molar-refractivity contribution in [2.24, 2.45) is 0 Å². The highest BCUT2D eigenvalue weighted by Crippen LogP contribution is 2.22. The topological polar surface area (TPSA) is 43.4 Å². The first kappa shape index (κ1) is 14.2. The maximum atomic E-state index is 11.7. The highest BCUT2D eigenvalue weighted by molar-refractivity contribution is 6.06. The number of ketones is 1. The van der Waals surface area contributed by atoms with E-state index in [0.717, 1.165) is 11.6 Å². The number of methoxy groups -OCH3 is 1. The Morgan fingerprint density at radius 1 is 1.06 bits per heavy atom. The zero-order chi connectivity index (χ0) is 13.8. The van der Waals surface area contributed by atoms with Crippen molar-refractivity contribution in [2.75, 3.05) is 7.11 Å². The van der Waals surface area contributed by atoms with E-state index in [4.69, 9.17) is 0 Å². The number of rotatable bonds is 3. The van der Waals surface area contributed by atoms with Crippen molar-refractivity contribution in [1.82, 2.24) is 0 Å². The summed E-state index contributed by atoms with van der Waals surface area (Å²) in [6.45, 7) is 6.34. The van der Waals surface area contributed by atoms with Crippen molar-refractivity contribution >= 4 is 11.8 Å². The Balaban J connectivity index is 2.83. The van der Waals surface area contributed by atoms with Crippen LogP contribution in [0.15, 0.2) is 36.4 Å². The molecule has 1 rings (SSSR count). The molecular formula is C15H18O3. The van der Waals surface area contributed by atoms with Gasteiger partial charge >= 0.3 is 5.97 Å². The highest BCUT2D eigenvalue weighted by Gasteiger charge is 2.13. The molecule has 1 aromatic rings. The summed E-state index contributed by atoms with van der Waals surface area (Å²) in [5.74, 6) is -0.740. The third-order valence-corrected chi connectivity index (χ3v) is 2.61. The summed E-state index contributed by atoms with van der Waals surface area (Å²) in [7, 11) is 1.27. The van der Waals surface area contributed by atoms with Gasteiger partial charge in [-0.2, -0.15) is 0 Å². The van der Waals surface area contributed by atoms with Gasteiger partial charge in [-0.05, 0) is 17.1 Å². The van der Waals surface area contributed by atoms with E-state index in [1.807, 2.05) is 12.1 Å². The number of hydrogen-bond acceptors (Lipinski definition) is 3. The van der Waals surface area contributed by atoms with Crippen molar-refractivity contribution in [3.05, 3.63) is 47.5 Å². The molecule has 0 radical (unpaired) electrons. The Bertz CT molecular complexity index is 462. The lowest BCUT2D eigenvalue weighted by Gasteiger charge is -2.18. The molecule has 0 aliphatic rings. The van der Waals surface area contributed by atoms with E-state index in [0.29, 0.717) is 5.56 Å². The summed E-state index contributed by atoms with van der Waals surface area (Å²) < 4.78 is 4.42. The van der Waals surface area contributed by atoms with Gasteiger partial charge in [0.05, 0.1) is 7.11 Å². The Labute approximate surface area is 107 Å². The first-order chi connectivity index (χ1) is 8.34. The molecular weight excluding hydrogens is 228 g/mol. The second kappa shape index (κ2) is 5.63. The van der Waals surface area contributed by atoms with Gasteiger partial charge in [0.25, 0.3) is 0 Å². The highest BCUT2D eigenvalue weighted by atomic mass is 16.5. The number of ether oxygens (including phenoxy) is 1. The van der Waals surface area contributed by atoms with Crippen molar-refractivity contribution in [1.29, 1.82) is 0 Å². The molecule has 3 heteroatoms. The first-order valence-electron chi connectivity index (χ1n) is 5.75. The molecule has 18 heavy (non-hydrogen) atoms. The van der Waals surface area contributed by atoms with E-state index < -0.39 is 5.97 Å². The smallest absolute Gasteiger partial charge is 0.330 e. The largest absolute Gasteiger partial charge is 0.466 e. The van der Waals surface area contributed by atoms with Gasteiger partial charge < -0.3 is 4.74 Å². The first-order valence-corrected chi connectivity index (χ1v) is 5.75. The minimum atomic E-state index is -0.533. The monoisotopic (exact) mass is 246 g/mol. The zero-order valence-corrected chi connectivity index (χ0v) is 11.2. The van der Waals surface area contributed by atoms with E-state index in [2.05, 4.69) is 25.5 Å². The quantitative estimate of drug-likeness (QED) is 0.468. The lowest BCUT2D eigenvalue weighted by atomic mass is 9.86. The summed E-state index contributed by atoms with van der Waals surface area (Å²) in [5, 5.41) is 0. The molecule has 0 saturated carbocycles. The normalized spacial score (nSPS) is 11.6. The second-order valence-electron chi connectivity index (χ2n) is 5.05. The molecule has 0 unspecified atom stereocenters. The van der Waals surface area contributed by atoms with Gasteiger partial charge in [-0.25, -0.2) is 4.79 Å². The van der Waals surface area contributed by atoms with Gasteiger partial charge in [0.1, 0.15) is 0 Å². The molecule has 0 bridgehead atoms. The third-order valence-electron chi connectivity index (χ3n) is 2.61. The second-order valence-corrected chi connectivity index (χ2v) is 5.05. The Kier molecular flexibility index (Phi) is 4.43. The zero-order valence-electron chi connectivity index (χ0n) is 11.2. The van der Waals surface area contributed by atoms with Crippen molar-refractivity contribution in [3.8, 4) is 0 Å². The SMILES string of the molecule is COC(=O)/C=C/C(=O)c1ccc(C(C)(C)C)cc1. The number of esters is 1. The van der Waals surface area contributed by atoms with E-state index in [1.54, 1.807) is 12.1 Å². The van der Waals surface area contributed by atoms with Gasteiger partial charge in [0.2, 0.25) is 0 Å². The predicted molar refractivity (Wildman–Crippen MR) is 70.6 cm³/mol. The molecule has 0 saturated heterocycles. The van der Waals surface area contributed by atoms with Crippen molar-refractivity contribution in [2.45, 2.75) is 26.2 Å². The van der Waals surface area contributed by atoms with Gasteiger partial charge in [0.15, 0.2) is 5.78 Å². The van der Waals surface area contributed by atoms with E-state index in [9.17, 15) is 9.59 Å². The molecule has 0 aliphatic heterocycles. The van der Waals surface area contributed by atoms with E-state index >= 15 is 0 Å². The summed E-state index contributed by atoms with van der Waals surface area (Å²) in [6.07, 6.45) is 2.35. The molecule has 0 spiro atoms. The van der Waals surface area contributed by atoms with Crippen LogP contribution in [0.4, 0.5) is 0 Å². The summed E-state index contributed by atoms with van der Waals surface area (Å²) >= 11 is 0. The van der Waals surface area contributed by atoms with E-state index in [1.165, 1.54) is 13.2 Å². The number of allylic oxidation sites excluding steroid dienone is 1. The molecule has 0 atom stereocenters. The van der Waals surface area contributed by atoms with Crippen LogP contribution in [-0.2, 0) is 14.9 Å². The van der Waals surface area contributed by atoms with Crippen LogP contribution in [0.1, 0.15) is 36.7 Å². The van der Waals surface area contributed by atoms with E-state index in [-0.39, 0.29) is 11.2 Å². The van der Waals surface area contributed by atoms with Gasteiger partial charge in [0, 0.05) is 11.6 Å². The standard InChI is InChI=1S/C15H18O3/c1-15(2,3)12-7-5-11(6-8-12)13(16)9-10-14(17)18-4/h5-10H,1-4H3/b10-9+. The summed E-state index contributed by atoms with van der Waals surface area (Å²) in [5.41, 5.74) is 1.78. The maximum Gasteiger partial charge on any atom is 0.330 e. The fraction of sp³-hybridized carbons (Fsp3) is 0.333. The van der Waals surface area contributed by atoms with Crippen LogP contribution in [0, 0.1) is 0 Å². The lowest BCUT2D eigenvalue weighted by molar-refractivity contribution is -0.134. The van der Waals surface area contributed by atoms with Crippen LogP contribution in [-0.4, -0.2) is 18.9 Å². The fourth-order valence-electron chi connectivity index (χ4n) is 1.44. The Hall–Kier alpha value is -1.90. The van der Waals surface area contributed by atoms with Crippen LogP contribution in [0.5, 0.6) is 0 Å². The molecule has 0 N–H and O–H groups in total. The number of carbonyl (C=O) groups is 2. The van der Waals surface area contributed by atoms with Crippen LogP contribution in [0.2, 0.25) is 0 Å². The molecule has 0 aliphatic carbocycles. The molecule has 1 aromatic carbocycles. The summed E-state index contributed by atoms with van der Waals surface area (Å²) in [4.78, 5) is 22.6. The number of benzene rings is 1. The molecule has 0 heterocycles. The molecule has 0 aromatic heterocycles. The Morgan fingerprint density at radius 3 is 2.06 bits per heavy atom.